The van der Waals surface area contributed by atoms with E-state index in [2.05, 4.69) is 10.6 Å². The van der Waals surface area contributed by atoms with Gasteiger partial charge < -0.3 is 10.4 Å². The zero-order chi connectivity index (χ0) is 23.3. The number of carbonyl (C=O) groups excluding carboxylic acids is 2. The Bertz CT molecular complexity index is 1160. The van der Waals surface area contributed by atoms with Gasteiger partial charge in [0.15, 0.2) is 5.75 Å². The smallest absolute Gasteiger partial charge is 0.247 e. The normalized spacial score (nSPS) is 22.9. The molecule has 4 rings (SSSR count). The Labute approximate surface area is 195 Å². The predicted molar refractivity (Wildman–Crippen MR) is 123 cm³/mol. The molecule has 2 unspecified atom stereocenters. The fourth-order valence-electron chi connectivity index (χ4n) is 4.36. The number of benzene rings is 1. The fourth-order valence-corrected chi connectivity index (χ4v) is 6.79. The summed E-state index contributed by atoms with van der Waals surface area (Å²) in [4.78, 5) is 25.6. The molecule has 1 aromatic carbocycles. The van der Waals surface area contributed by atoms with Crippen LogP contribution in [0.2, 0.25) is 5.02 Å². The van der Waals surface area contributed by atoms with Gasteiger partial charge in [-0.15, -0.1) is 11.3 Å². The second-order valence-electron chi connectivity index (χ2n) is 8.30. The molecule has 2 atom stereocenters. The number of hydrogen-bond acceptors (Lipinski definition) is 8. The van der Waals surface area contributed by atoms with E-state index in [0.717, 1.165) is 34.9 Å². The van der Waals surface area contributed by atoms with Gasteiger partial charge in [0, 0.05) is 19.0 Å². The van der Waals surface area contributed by atoms with E-state index < -0.39 is 44.3 Å². The molecule has 172 valence electrons. The molecule has 0 saturated heterocycles. The molecular weight excluding hydrogens is 474 g/mol. The molecule has 0 aliphatic heterocycles. The summed E-state index contributed by atoms with van der Waals surface area (Å²) in [6.07, 6.45) is 3.74. The molecule has 2 aromatic rings. The predicted octanol–water partition coefficient (Wildman–Crippen LogP) is 2.72. The van der Waals surface area contributed by atoms with Crippen molar-refractivity contribution in [3.8, 4) is 5.75 Å². The number of anilines is 1. The highest BCUT2D eigenvalue weighted by Crippen LogP contribution is 2.43. The monoisotopic (exact) mass is 497 g/mol. The third-order valence-electron chi connectivity index (χ3n) is 6.16. The number of thiophene rings is 1. The van der Waals surface area contributed by atoms with Gasteiger partial charge in [0.25, 0.3) is 0 Å². The van der Waals surface area contributed by atoms with Gasteiger partial charge in [0.05, 0.1) is 16.2 Å². The lowest BCUT2D eigenvalue weighted by atomic mass is 9.80. The van der Waals surface area contributed by atoms with Gasteiger partial charge in [0.1, 0.15) is 17.0 Å². The number of Topliss-reactive ketones (excluding diaryl/α,β-unsaturated/α-hetero) is 2. The third-order valence-corrected chi connectivity index (χ3v) is 9.55. The average molecular weight is 498 g/mol. The maximum Gasteiger partial charge on any atom is 0.247 e. The van der Waals surface area contributed by atoms with Crippen LogP contribution in [0.4, 0.5) is 5.69 Å². The van der Waals surface area contributed by atoms with Crippen LogP contribution in [0.1, 0.15) is 30.6 Å². The van der Waals surface area contributed by atoms with Crippen molar-refractivity contribution in [2.75, 3.05) is 19.4 Å². The first-order valence-corrected chi connectivity index (χ1v) is 12.9. The molecule has 0 bridgehead atoms. The number of sulfonamides is 1. The van der Waals surface area contributed by atoms with Crippen LogP contribution in [0.15, 0.2) is 34.5 Å². The Kier molecular flexibility index (Phi) is 6.10. The zero-order valence-corrected chi connectivity index (χ0v) is 20.0. The Balaban J connectivity index is 1.63. The minimum absolute atomic E-state index is 0.0177. The van der Waals surface area contributed by atoms with Crippen molar-refractivity contribution >= 4 is 50.2 Å². The van der Waals surface area contributed by atoms with E-state index in [4.69, 9.17) is 11.6 Å². The Morgan fingerprint density at radius 2 is 1.78 bits per heavy atom. The summed E-state index contributed by atoms with van der Waals surface area (Å²) in [5.41, 5.74) is -0.361. The summed E-state index contributed by atoms with van der Waals surface area (Å²) >= 11 is 7.67. The van der Waals surface area contributed by atoms with E-state index in [1.807, 2.05) is 17.5 Å². The highest BCUT2D eigenvalue weighted by molar-refractivity contribution is 7.89. The Hall–Kier alpha value is -1.98. The molecule has 3 N–H and O–H groups in total. The highest BCUT2D eigenvalue weighted by atomic mass is 35.5. The topological polar surface area (TPSA) is 116 Å². The van der Waals surface area contributed by atoms with Crippen molar-refractivity contribution < 1.29 is 23.1 Å². The van der Waals surface area contributed by atoms with Crippen molar-refractivity contribution in [1.82, 2.24) is 9.62 Å². The van der Waals surface area contributed by atoms with Crippen LogP contribution >= 0.6 is 22.9 Å². The van der Waals surface area contributed by atoms with Gasteiger partial charge in [-0.25, -0.2) is 12.7 Å². The Morgan fingerprint density at radius 3 is 2.38 bits per heavy atom. The first-order valence-electron chi connectivity index (χ1n) is 10.2. The van der Waals surface area contributed by atoms with Gasteiger partial charge >= 0.3 is 0 Å². The number of ketones is 2. The number of hydrogen-bond donors (Lipinski definition) is 3. The fraction of sp³-hybridized carbons (Fsp3) is 0.429. The van der Waals surface area contributed by atoms with Crippen molar-refractivity contribution in [3.63, 3.8) is 0 Å². The molecule has 2 saturated carbocycles. The maximum atomic E-state index is 12.6. The largest absolute Gasteiger partial charge is 0.504 e. The molecule has 0 amide bonds. The maximum absolute atomic E-state index is 12.6. The lowest BCUT2D eigenvalue weighted by Crippen LogP contribution is -2.70. The summed E-state index contributed by atoms with van der Waals surface area (Å²) in [6.45, 7) is 0. The number of phenols is 1. The highest BCUT2D eigenvalue weighted by Gasteiger charge is 2.53. The SMILES string of the molecule is CN(C)S(=O)(=O)c1c(Cl)ccc(NC2C(=O)C(=O)C2NC2(c3cccs3)CCCC2)c1O. The molecule has 0 spiro atoms. The first-order chi connectivity index (χ1) is 15.1. The van der Waals surface area contributed by atoms with Crippen LogP contribution in [0.5, 0.6) is 5.75 Å². The van der Waals surface area contributed by atoms with E-state index in [1.165, 1.54) is 26.2 Å². The number of phenolic OH excluding ortho intramolecular Hbond substituents is 1. The number of aromatic hydroxyl groups is 1. The summed E-state index contributed by atoms with van der Waals surface area (Å²) < 4.78 is 26.1. The van der Waals surface area contributed by atoms with Crippen molar-refractivity contribution in [2.45, 2.75) is 48.2 Å². The third kappa shape index (κ3) is 3.73. The number of rotatable bonds is 7. The Morgan fingerprint density at radius 1 is 1.12 bits per heavy atom. The van der Waals surface area contributed by atoms with E-state index in [0.29, 0.717) is 0 Å². The molecule has 2 aliphatic carbocycles. The lowest BCUT2D eigenvalue weighted by molar-refractivity contribution is -0.146. The molecule has 2 fully saturated rings. The van der Waals surface area contributed by atoms with E-state index >= 15 is 0 Å². The molecule has 1 aromatic heterocycles. The standard InChI is InChI=1S/C21H24ClN3O5S2/c1-25(2)32(29,30)20-12(22)7-8-13(17(20)26)23-15-16(19(28)18(15)27)24-21(9-3-4-10-21)14-6-5-11-31-14/h5-8,11,15-16,23-24,26H,3-4,9-10H2,1-2H3. The van der Waals surface area contributed by atoms with Crippen LogP contribution in [0, 0.1) is 0 Å². The second kappa shape index (κ2) is 8.42. The van der Waals surface area contributed by atoms with Gasteiger partial charge in [-0.1, -0.05) is 30.5 Å². The van der Waals surface area contributed by atoms with Crippen molar-refractivity contribution in [3.05, 3.63) is 39.5 Å². The van der Waals surface area contributed by atoms with Crippen molar-refractivity contribution in [1.29, 1.82) is 0 Å². The van der Waals surface area contributed by atoms with Crippen LogP contribution in [0.25, 0.3) is 0 Å². The zero-order valence-electron chi connectivity index (χ0n) is 17.6. The number of carbonyl (C=O) groups is 2. The lowest BCUT2D eigenvalue weighted by Gasteiger charge is -2.41. The van der Waals surface area contributed by atoms with Crippen LogP contribution in [0.3, 0.4) is 0 Å². The van der Waals surface area contributed by atoms with E-state index in [9.17, 15) is 23.1 Å². The van der Waals surface area contributed by atoms with Crippen LogP contribution < -0.4 is 10.6 Å². The molecule has 8 nitrogen and oxygen atoms in total. The van der Waals surface area contributed by atoms with Crippen LogP contribution in [-0.2, 0) is 25.2 Å². The summed E-state index contributed by atoms with van der Waals surface area (Å²) in [5.74, 6) is -1.74. The van der Waals surface area contributed by atoms with Gasteiger partial charge in [-0.2, -0.15) is 0 Å². The minimum atomic E-state index is -4.04. The molecule has 11 heteroatoms. The average Bonchev–Trinajstić information content (AvgIpc) is 3.44. The molecule has 32 heavy (non-hydrogen) atoms. The second-order valence-corrected chi connectivity index (χ2v) is 11.7. The number of nitrogens with one attached hydrogen (secondary N) is 2. The van der Waals surface area contributed by atoms with Gasteiger partial charge in [-0.3, -0.25) is 14.9 Å². The van der Waals surface area contributed by atoms with Crippen molar-refractivity contribution in [2.24, 2.45) is 0 Å². The van der Waals surface area contributed by atoms with Gasteiger partial charge in [0.2, 0.25) is 21.6 Å². The molecule has 2 aliphatic rings. The summed E-state index contributed by atoms with van der Waals surface area (Å²) in [6, 6.07) is 5.00. The summed E-state index contributed by atoms with van der Waals surface area (Å²) in [7, 11) is -1.39. The first kappa shape index (κ1) is 23.2. The molecule has 1 heterocycles. The van der Waals surface area contributed by atoms with Gasteiger partial charge in [-0.05, 0) is 36.4 Å². The summed E-state index contributed by atoms with van der Waals surface area (Å²) in [5, 5.41) is 18.8. The van der Waals surface area contributed by atoms with E-state index in [1.54, 1.807) is 11.3 Å². The van der Waals surface area contributed by atoms with E-state index in [-0.39, 0.29) is 16.2 Å². The molecular formula is C21H24ClN3O5S2. The van der Waals surface area contributed by atoms with Crippen LogP contribution in [-0.4, -0.2) is 55.6 Å². The number of halogens is 1. The number of nitrogens with zero attached hydrogens (tertiary/aromatic N) is 1. The quantitative estimate of drug-likeness (QED) is 0.398. The molecule has 0 radical (unpaired) electrons. The minimum Gasteiger partial charge on any atom is -0.504 e.